The summed E-state index contributed by atoms with van der Waals surface area (Å²) in [5, 5.41) is 7.61. The van der Waals surface area contributed by atoms with Crippen LogP contribution in [0.5, 0.6) is 5.75 Å². The first-order chi connectivity index (χ1) is 15.2. The molecule has 0 aliphatic carbocycles. The first kappa shape index (κ1) is 21.9. The summed E-state index contributed by atoms with van der Waals surface area (Å²) >= 11 is 6.12. The zero-order chi connectivity index (χ0) is 23.0. The van der Waals surface area contributed by atoms with Crippen LogP contribution in [0.3, 0.4) is 0 Å². The highest BCUT2D eigenvalue weighted by Gasteiger charge is 2.22. The van der Waals surface area contributed by atoms with E-state index in [1.807, 2.05) is 6.92 Å². The molecule has 0 amide bonds. The van der Waals surface area contributed by atoms with Crippen LogP contribution in [0, 0.1) is 25.5 Å². The van der Waals surface area contributed by atoms with Gasteiger partial charge in [-0.1, -0.05) is 11.6 Å². The molecule has 12 heteroatoms. The van der Waals surface area contributed by atoms with E-state index in [0.29, 0.717) is 11.4 Å². The van der Waals surface area contributed by atoms with Crippen LogP contribution in [0.4, 0.5) is 14.5 Å². The SMILES string of the molecule is Cc1ncc(F)cc1S(=O)(=O)Nc1ccc(Cl)c(COc2cnc3n[nH]c(C)c3c2)c1F. The number of aryl methyl sites for hydroxylation is 2. The number of benzene rings is 1. The first-order valence-corrected chi connectivity index (χ1v) is 11.1. The number of H-pyrrole nitrogens is 1. The van der Waals surface area contributed by atoms with E-state index in [1.165, 1.54) is 25.3 Å². The van der Waals surface area contributed by atoms with Gasteiger partial charge in [0.1, 0.15) is 23.1 Å². The van der Waals surface area contributed by atoms with Gasteiger partial charge in [-0.15, -0.1) is 0 Å². The van der Waals surface area contributed by atoms with Gasteiger partial charge in [-0.05, 0) is 38.1 Å². The van der Waals surface area contributed by atoms with Gasteiger partial charge >= 0.3 is 0 Å². The first-order valence-electron chi connectivity index (χ1n) is 9.21. The summed E-state index contributed by atoms with van der Waals surface area (Å²) in [7, 11) is -4.31. The number of hydrogen-bond donors (Lipinski definition) is 2. The van der Waals surface area contributed by atoms with E-state index in [0.717, 1.165) is 23.3 Å². The summed E-state index contributed by atoms with van der Waals surface area (Å²) in [6.45, 7) is 2.94. The highest BCUT2D eigenvalue weighted by Crippen LogP contribution is 2.29. The molecule has 0 fully saturated rings. The van der Waals surface area contributed by atoms with Crippen LogP contribution in [0.25, 0.3) is 11.0 Å². The number of halogens is 3. The molecule has 0 spiro atoms. The van der Waals surface area contributed by atoms with Crippen LogP contribution in [0.15, 0.2) is 41.6 Å². The van der Waals surface area contributed by atoms with Crippen molar-refractivity contribution in [3.05, 3.63) is 70.3 Å². The largest absolute Gasteiger partial charge is 0.487 e. The molecule has 2 N–H and O–H groups in total. The van der Waals surface area contributed by atoms with Gasteiger partial charge in [0, 0.05) is 16.6 Å². The summed E-state index contributed by atoms with van der Waals surface area (Å²) in [6, 6.07) is 5.01. The van der Waals surface area contributed by atoms with E-state index >= 15 is 4.39 Å². The third-order valence-corrected chi connectivity index (χ3v) is 6.52. The topological polar surface area (TPSA) is 110 Å². The number of sulfonamides is 1. The Balaban J connectivity index is 1.60. The summed E-state index contributed by atoms with van der Waals surface area (Å²) in [6.07, 6.45) is 2.32. The second-order valence-electron chi connectivity index (χ2n) is 6.91. The van der Waals surface area contributed by atoms with E-state index in [2.05, 4.69) is 24.9 Å². The highest BCUT2D eigenvalue weighted by atomic mass is 35.5. The maximum absolute atomic E-state index is 15.1. The number of hydrogen-bond acceptors (Lipinski definition) is 6. The molecule has 4 aromatic rings. The van der Waals surface area contributed by atoms with Crippen molar-refractivity contribution in [3.8, 4) is 5.75 Å². The van der Waals surface area contributed by atoms with Crippen LogP contribution in [0.1, 0.15) is 17.0 Å². The van der Waals surface area contributed by atoms with Crippen molar-refractivity contribution in [1.29, 1.82) is 0 Å². The molecule has 8 nitrogen and oxygen atoms in total. The van der Waals surface area contributed by atoms with Gasteiger partial charge in [-0.25, -0.2) is 22.2 Å². The zero-order valence-electron chi connectivity index (χ0n) is 16.8. The molecule has 0 aliphatic heterocycles. The van der Waals surface area contributed by atoms with E-state index in [9.17, 15) is 12.8 Å². The van der Waals surface area contributed by atoms with Gasteiger partial charge in [-0.2, -0.15) is 5.10 Å². The molecule has 3 heterocycles. The fourth-order valence-electron chi connectivity index (χ4n) is 3.00. The Morgan fingerprint density at radius 2 is 1.94 bits per heavy atom. The Hall–Kier alpha value is -3.31. The predicted octanol–water partition coefficient (Wildman–Crippen LogP) is 4.28. The third kappa shape index (κ3) is 4.21. The monoisotopic (exact) mass is 479 g/mol. The molecule has 0 atom stereocenters. The minimum atomic E-state index is -4.31. The lowest BCUT2D eigenvalue weighted by Gasteiger charge is -2.14. The second kappa shape index (κ2) is 8.32. The number of nitrogens with one attached hydrogen (secondary N) is 2. The van der Waals surface area contributed by atoms with Crippen LogP contribution < -0.4 is 9.46 Å². The van der Waals surface area contributed by atoms with Gasteiger partial charge in [0.25, 0.3) is 10.0 Å². The molecule has 3 aromatic heterocycles. The van der Waals surface area contributed by atoms with E-state index in [-0.39, 0.29) is 28.6 Å². The van der Waals surface area contributed by atoms with Crippen LogP contribution >= 0.6 is 11.6 Å². The molecular formula is C20H16ClF2N5O3S. The number of ether oxygens (including phenoxy) is 1. The molecule has 32 heavy (non-hydrogen) atoms. The maximum atomic E-state index is 15.1. The average Bonchev–Trinajstić information content (AvgIpc) is 3.12. The molecule has 1 aromatic carbocycles. The summed E-state index contributed by atoms with van der Waals surface area (Å²) in [4.78, 5) is 7.43. The number of pyridine rings is 2. The Labute approximate surface area is 186 Å². The molecule has 0 saturated carbocycles. The molecule has 4 rings (SSSR count). The third-order valence-electron chi connectivity index (χ3n) is 4.69. The van der Waals surface area contributed by atoms with Crippen LogP contribution in [-0.4, -0.2) is 28.6 Å². The zero-order valence-corrected chi connectivity index (χ0v) is 18.4. The van der Waals surface area contributed by atoms with E-state index in [4.69, 9.17) is 16.3 Å². The second-order valence-corrected chi connectivity index (χ2v) is 8.97. The van der Waals surface area contributed by atoms with Crippen molar-refractivity contribution in [2.75, 3.05) is 4.72 Å². The number of fused-ring (bicyclic) bond motifs is 1. The minimum Gasteiger partial charge on any atom is -0.487 e. The highest BCUT2D eigenvalue weighted by molar-refractivity contribution is 7.92. The predicted molar refractivity (Wildman–Crippen MR) is 114 cm³/mol. The van der Waals surface area contributed by atoms with Gasteiger partial charge in [-0.3, -0.25) is 14.8 Å². The van der Waals surface area contributed by atoms with Gasteiger partial charge < -0.3 is 4.74 Å². The molecule has 166 valence electrons. The van der Waals surface area contributed by atoms with Crippen LogP contribution in [-0.2, 0) is 16.6 Å². The van der Waals surface area contributed by atoms with Crippen molar-refractivity contribution >= 4 is 38.3 Å². The summed E-state index contributed by atoms with van der Waals surface area (Å²) in [5.41, 5.74) is 0.938. The Morgan fingerprint density at radius 1 is 1.16 bits per heavy atom. The standard InChI is InChI=1S/C20H16ClF2N5O3S/c1-10-14-6-13(8-25-20(14)27-26-10)31-9-15-16(21)3-4-17(19(15)23)28-32(29,30)18-5-12(22)7-24-11(18)2/h3-8,28H,9H2,1-2H3,(H,25,26,27). The number of nitrogens with zero attached hydrogens (tertiary/aromatic N) is 3. The normalized spacial score (nSPS) is 11.7. The lowest BCUT2D eigenvalue weighted by Crippen LogP contribution is -2.17. The van der Waals surface area contributed by atoms with Gasteiger partial charge in [0.2, 0.25) is 0 Å². The summed E-state index contributed by atoms with van der Waals surface area (Å²) in [5.74, 6) is -1.40. The van der Waals surface area contributed by atoms with Crippen LogP contribution in [0.2, 0.25) is 5.02 Å². The van der Waals surface area contributed by atoms with Crippen molar-refractivity contribution in [2.24, 2.45) is 0 Å². The fourth-order valence-corrected chi connectivity index (χ4v) is 4.47. The van der Waals surface area contributed by atoms with E-state index in [1.54, 1.807) is 6.07 Å². The lowest BCUT2D eigenvalue weighted by molar-refractivity contribution is 0.299. The van der Waals surface area contributed by atoms with E-state index < -0.39 is 26.6 Å². The fraction of sp³-hybridized carbons (Fsp3) is 0.150. The molecule has 0 unspecified atom stereocenters. The Kier molecular flexibility index (Phi) is 5.70. The van der Waals surface area contributed by atoms with Gasteiger partial charge in [0.05, 0.1) is 28.8 Å². The number of rotatable bonds is 6. The Bertz CT molecular complexity index is 1440. The lowest BCUT2D eigenvalue weighted by atomic mass is 10.2. The number of aromatic amines is 1. The average molecular weight is 480 g/mol. The molecule has 0 radical (unpaired) electrons. The molecule has 0 aliphatic rings. The van der Waals surface area contributed by atoms with Crippen molar-refractivity contribution in [3.63, 3.8) is 0 Å². The quantitative estimate of drug-likeness (QED) is 0.427. The number of anilines is 1. The molecule has 0 saturated heterocycles. The Morgan fingerprint density at radius 3 is 2.72 bits per heavy atom. The maximum Gasteiger partial charge on any atom is 0.263 e. The van der Waals surface area contributed by atoms with Crippen molar-refractivity contribution in [2.45, 2.75) is 25.3 Å². The molecule has 0 bridgehead atoms. The van der Waals surface area contributed by atoms with Crippen molar-refractivity contribution in [1.82, 2.24) is 20.2 Å². The smallest absolute Gasteiger partial charge is 0.263 e. The van der Waals surface area contributed by atoms with Crippen molar-refractivity contribution < 1.29 is 21.9 Å². The molecular weight excluding hydrogens is 464 g/mol. The number of aromatic nitrogens is 4. The van der Waals surface area contributed by atoms with Gasteiger partial charge in [0.15, 0.2) is 11.5 Å². The minimum absolute atomic E-state index is 0.0441. The summed E-state index contributed by atoms with van der Waals surface area (Å²) < 4.78 is 61.7.